The molecule has 0 unspecified atom stereocenters. The Labute approximate surface area is 161 Å². The maximum atomic E-state index is 12.8. The van der Waals surface area contributed by atoms with Crippen molar-refractivity contribution in [3.05, 3.63) is 70.0 Å². The van der Waals surface area contributed by atoms with Crippen molar-refractivity contribution in [3.63, 3.8) is 0 Å². The first kappa shape index (κ1) is 18.3. The highest BCUT2D eigenvalue weighted by molar-refractivity contribution is 9.10. The Morgan fingerprint density at radius 1 is 1.12 bits per heavy atom. The maximum Gasteiger partial charge on any atom is 0.254 e. The zero-order valence-electron chi connectivity index (χ0n) is 14.9. The third-order valence-corrected chi connectivity index (χ3v) is 4.59. The summed E-state index contributed by atoms with van der Waals surface area (Å²) in [6.07, 6.45) is 0. The topological polar surface area (TPSA) is 59.2 Å². The van der Waals surface area contributed by atoms with E-state index in [9.17, 15) is 4.79 Å². The SMILES string of the molecule is Cc1ccc(-c2noc(CN(C(=O)c3ccc(Br)cc3)C(C)C)n2)cc1. The summed E-state index contributed by atoms with van der Waals surface area (Å²) < 4.78 is 6.31. The minimum atomic E-state index is -0.0671. The molecule has 5 nitrogen and oxygen atoms in total. The highest BCUT2D eigenvalue weighted by atomic mass is 79.9. The summed E-state index contributed by atoms with van der Waals surface area (Å²) in [7, 11) is 0. The van der Waals surface area contributed by atoms with Crippen LogP contribution in [0.2, 0.25) is 0 Å². The van der Waals surface area contributed by atoms with Gasteiger partial charge >= 0.3 is 0 Å². The molecule has 1 aromatic heterocycles. The van der Waals surface area contributed by atoms with E-state index in [1.165, 1.54) is 5.56 Å². The number of carbonyl (C=O) groups is 1. The van der Waals surface area contributed by atoms with Gasteiger partial charge in [0, 0.05) is 21.6 Å². The van der Waals surface area contributed by atoms with Gasteiger partial charge in [-0.1, -0.05) is 50.9 Å². The molecule has 0 N–H and O–H groups in total. The van der Waals surface area contributed by atoms with Gasteiger partial charge in [0.15, 0.2) is 0 Å². The van der Waals surface area contributed by atoms with E-state index < -0.39 is 0 Å². The summed E-state index contributed by atoms with van der Waals surface area (Å²) >= 11 is 3.39. The number of carbonyl (C=O) groups excluding carboxylic acids is 1. The molecule has 134 valence electrons. The maximum absolute atomic E-state index is 12.8. The summed E-state index contributed by atoms with van der Waals surface area (Å²) in [6, 6.07) is 15.2. The van der Waals surface area contributed by atoms with Crippen molar-refractivity contribution < 1.29 is 9.32 Å². The first-order valence-corrected chi connectivity index (χ1v) is 9.19. The summed E-state index contributed by atoms with van der Waals surface area (Å²) in [5, 5.41) is 4.04. The monoisotopic (exact) mass is 413 g/mol. The smallest absolute Gasteiger partial charge is 0.254 e. The van der Waals surface area contributed by atoms with Crippen molar-refractivity contribution in [2.24, 2.45) is 0 Å². The molecule has 0 spiro atoms. The standard InChI is InChI=1S/C20H20BrN3O2/c1-13(2)24(20(25)16-8-10-17(21)11-9-16)12-18-22-19(23-26-18)15-6-4-14(3)5-7-15/h4-11,13H,12H2,1-3H3. The third-order valence-electron chi connectivity index (χ3n) is 4.06. The quantitative estimate of drug-likeness (QED) is 0.599. The van der Waals surface area contributed by atoms with Crippen LogP contribution < -0.4 is 0 Å². The molecule has 0 saturated carbocycles. The molecule has 3 aromatic rings. The van der Waals surface area contributed by atoms with Crippen LogP contribution in [0.1, 0.15) is 35.7 Å². The van der Waals surface area contributed by atoms with Crippen molar-refractivity contribution >= 4 is 21.8 Å². The van der Waals surface area contributed by atoms with Crippen LogP contribution in [0.4, 0.5) is 0 Å². The molecule has 1 amide bonds. The zero-order valence-corrected chi connectivity index (χ0v) is 16.5. The number of hydrogen-bond acceptors (Lipinski definition) is 4. The first-order chi connectivity index (χ1) is 12.4. The minimum Gasteiger partial charge on any atom is -0.337 e. The molecule has 1 heterocycles. The van der Waals surface area contributed by atoms with Gasteiger partial charge in [-0.15, -0.1) is 0 Å². The molecule has 0 aliphatic rings. The summed E-state index contributed by atoms with van der Waals surface area (Å²) in [6.45, 7) is 6.23. The van der Waals surface area contributed by atoms with Crippen LogP contribution in [-0.4, -0.2) is 27.0 Å². The van der Waals surface area contributed by atoms with E-state index in [4.69, 9.17) is 4.52 Å². The molecule has 26 heavy (non-hydrogen) atoms. The highest BCUT2D eigenvalue weighted by Crippen LogP contribution is 2.19. The van der Waals surface area contributed by atoms with Crippen LogP contribution in [0.15, 0.2) is 57.5 Å². The van der Waals surface area contributed by atoms with Gasteiger partial charge in [0.05, 0.1) is 0 Å². The van der Waals surface area contributed by atoms with Crippen molar-refractivity contribution in [2.45, 2.75) is 33.4 Å². The molecule has 0 aliphatic heterocycles. The summed E-state index contributed by atoms with van der Waals surface area (Å²) in [4.78, 5) is 19.0. The first-order valence-electron chi connectivity index (χ1n) is 8.40. The molecule has 0 aliphatic carbocycles. The van der Waals surface area contributed by atoms with Gasteiger partial charge < -0.3 is 9.42 Å². The second kappa shape index (κ2) is 7.83. The predicted octanol–water partition coefficient (Wildman–Crippen LogP) is 4.86. The van der Waals surface area contributed by atoms with Crippen LogP contribution in [0.3, 0.4) is 0 Å². The molecule has 6 heteroatoms. The lowest BCUT2D eigenvalue weighted by Crippen LogP contribution is -2.36. The number of aryl methyl sites for hydroxylation is 1. The van der Waals surface area contributed by atoms with Gasteiger partial charge in [-0.2, -0.15) is 4.98 Å². The van der Waals surface area contributed by atoms with Crippen molar-refractivity contribution in [2.75, 3.05) is 0 Å². The Bertz CT molecular complexity index is 886. The summed E-state index contributed by atoms with van der Waals surface area (Å²) in [5.41, 5.74) is 2.68. The second-order valence-corrected chi connectivity index (χ2v) is 7.33. The largest absolute Gasteiger partial charge is 0.337 e. The van der Waals surface area contributed by atoms with E-state index >= 15 is 0 Å². The lowest BCUT2D eigenvalue weighted by atomic mass is 10.1. The lowest BCUT2D eigenvalue weighted by Gasteiger charge is -2.25. The number of amides is 1. The van der Waals surface area contributed by atoms with E-state index in [1.54, 1.807) is 17.0 Å². The number of halogens is 1. The Hall–Kier alpha value is -2.47. The van der Waals surface area contributed by atoms with Crippen LogP contribution in [0.5, 0.6) is 0 Å². The predicted molar refractivity (Wildman–Crippen MR) is 104 cm³/mol. The average molecular weight is 414 g/mol. The van der Waals surface area contributed by atoms with Gasteiger partial charge in [-0.25, -0.2) is 0 Å². The zero-order chi connectivity index (χ0) is 18.7. The van der Waals surface area contributed by atoms with Crippen molar-refractivity contribution in [1.29, 1.82) is 0 Å². The van der Waals surface area contributed by atoms with E-state index in [1.807, 2.05) is 57.2 Å². The molecule has 3 rings (SSSR count). The van der Waals surface area contributed by atoms with Gasteiger partial charge in [0.1, 0.15) is 6.54 Å². The Morgan fingerprint density at radius 3 is 2.38 bits per heavy atom. The van der Waals surface area contributed by atoms with Gasteiger partial charge in [0.25, 0.3) is 5.91 Å². The second-order valence-electron chi connectivity index (χ2n) is 6.41. The van der Waals surface area contributed by atoms with E-state index in [0.29, 0.717) is 17.3 Å². The Morgan fingerprint density at radius 2 is 1.77 bits per heavy atom. The number of hydrogen-bond donors (Lipinski definition) is 0. The Kier molecular flexibility index (Phi) is 5.52. The molecule has 0 atom stereocenters. The Balaban J connectivity index is 1.79. The third kappa shape index (κ3) is 4.19. The molecular weight excluding hydrogens is 394 g/mol. The van der Waals surface area contributed by atoms with Crippen LogP contribution in [0.25, 0.3) is 11.4 Å². The van der Waals surface area contributed by atoms with Crippen molar-refractivity contribution in [3.8, 4) is 11.4 Å². The number of aromatic nitrogens is 2. The molecule has 0 bridgehead atoms. The van der Waals surface area contributed by atoms with Gasteiger partial charge in [-0.05, 0) is 45.0 Å². The van der Waals surface area contributed by atoms with Crippen LogP contribution in [-0.2, 0) is 6.54 Å². The fourth-order valence-corrected chi connectivity index (χ4v) is 2.80. The lowest BCUT2D eigenvalue weighted by molar-refractivity contribution is 0.0667. The fourth-order valence-electron chi connectivity index (χ4n) is 2.53. The fraction of sp³-hybridized carbons (Fsp3) is 0.250. The average Bonchev–Trinajstić information content (AvgIpc) is 3.09. The number of rotatable bonds is 5. The van der Waals surface area contributed by atoms with E-state index in [-0.39, 0.29) is 18.5 Å². The molecule has 2 aromatic carbocycles. The van der Waals surface area contributed by atoms with E-state index in [2.05, 4.69) is 26.1 Å². The molecule has 0 fully saturated rings. The van der Waals surface area contributed by atoms with Crippen LogP contribution in [0, 0.1) is 6.92 Å². The van der Waals surface area contributed by atoms with Gasteiger partial charge in [-0.3, -0.25) is 4.79 Å². The number of nitrogens with zero attached hydrogens (tertiary/aromatic N) is 3. The highest BCUT2D eigenvalue weighted by Gasteiger charge is 2.22. The van der Waals surface area contributed by atoms with Crippen LogP contribution >= 0.6 is 15.9 Å². The molecular formula is C20H20BrN3O2. The normalized spacial score (nSPS) is 11.0. The van der Waals surface area contributed by atoms with E-state index in [0.717, 1.165) is 10.0 Å². The van der Waals surface area contributed by atoms with Gasteiger partial charge in [0.2, 0.25) is 11.7 Å². The number of benzene rings is 2. The minimum absolute atomic E-state index is 0.000807. The molecule has 0 saturated heterocycles. The molecule has 0 radical (unpaired) electrons. The van der Waals surface area contributed by atoms with Crippen molar-refractivity contribution in [1.82, 2.24) is 15.0 Å². The summed E-state index contributed by atoms with van der Waals surface area (Å²) in [5.74, 6) is 0.877.